The van der Waals surface area contributed by atoms with Crippen LogP contribution in [0.2, 0.25) is 0 Å². The van der Waals surface area contributed by atoms with Gasteiger partial charge in [-0.25, -0.2) is 8.42 Å². The molecule has 10 heteroatoms. The van der Waals surface area contributed by atoms with Crippen molar-refractivity contribution in [2.45, 2.75) is 50.0 Å². The van der Waals surface area contributed by atoms with E-state index in [4.69, 9.17) is 18.4 Å². The molecule has 0 N–H and O–H groups in total. The summed E-state index contributed by atoms with van der Waals surface area (Å²) in [4.78, 5) is -0.376. The zero-order chi connectivity index (χ0) is 32.3. The monoisotopic (exact) mass is 650 g/mol. The number of hydrogen-bond donors (Lipinski definition) is 0. The van der Waals surface area contributed by atoms with Gasteiger partial charge in [-0.1, -0.05) is 115 Å². The molecule has 3 atom stereocenters. The zero-order valence-corrected chi connectivity index (χ0v) is 27.0. The molecule has 0 aliphatic carbocycles. The summed E-state index contributed by atoms with van der Waals surface area (Å²) in [5, 5.41) is 0. The Hall–Kier alpha value is -3.64. The van der Waals surface area contributed by atoms with Gasteiger partial charge < -0.3 is 14.2 Å². The van der Waals surface area contributed by atoms with Crippen LogP contribution in [0.3, 0.4) is 0 Å². The average molecular weight is 651 g/mol. The number of sulfone groups is 1. The number of rotatable bonds is 17. The first-order valence-corrected chi connectivity index (χ1v) is 17.6. The molecule has 0 radical (unpaired) electrons. The third kappa shape index (κ3) is 10.5. The molecule has 1 unspecified atom stereocenters. The van der Waals surface area contributed by atoms with Crippen molar-refractivity contribution in [1.29, 1.82) is 0 Å². The van der Waals surface area contributed by atoms with Crippen LogP contribution in [0, 0.1) is 6.92 Å². The van der Waals surface area contributed by atoms with Gasteiger partial charge in [-0.05, 0) is 35.7 Å². The van der Waals surface area contributed by atoms with Crippen LogP contribution in [0.1, 0.15) is 22.3 Å². The van der Waals surface area contributed by atoms with Crippen molar-refractivity contribution in [3.05, 3.63) is 149 Å². The summed E-state index contributed by atoms with van der Waals surface area (Å²) < 4.78 is 77.4. The lowest BCUT2D eigenvalue weighted by Gasteiger charge is -2.33. The zero-order valence-electron chi connectivity index (χ0n) is 25.3. The van der Waals surface area contributed by atoms with E-state index in [2.05, 4.69) is 6.58 Å². The van der Waals surface area contributed by atoms with Crippen LogP contribution in [0.25, 0.3) is 0 Å². The Morgan fingerprint density at radius 2 is 1.13 bits per heavy atom. The quantitative estimate of drug-likeness (QED) is 0.128. The molecule has 0 aliphatic rings. The van der Waals surface area contributed by atoms with Gasteiger partial charge in [0, 0.05) is 0 Å². The first-order chi connectivity index (χ1) is 21.5. The maximum atomic E-state index is 13.9. The highest BCUT2D eigenvalue weighted by Gasteiger charge is 2.41. The van der Waals surface area contributed by atoms with Gasteiger partial charge in [0.15, 0.2) is 0 Å². The van der Waals surface area contributed by atoms with Crippen LogP contribution in [-0.2, 0) is 58.2 Å². The molecule has 0 spiro atoms. The van der Waals surface area contributed by atoms with Crippen LogP contribution in [0.15, 0.2) is 132 Å². The highest BCUT2D eigenvalue weighted by molar-refractivity contribution is 7.95. The summed E-state index contributed by atoms with van der Waals surface area (Å²) >= 11 is 0. The van der Waals surface area contributed by atoms with E-state index in [1.165, 1.54) is 12.1 Å². The van der Waals surface area contributed by atoms with E-state index in [0.29, 0.717) is 0 Å². The van der Waals surface area contributed by atoms with Gasteiger partial charge in [-0.3, -0.25) is 4.18 Å². The summed E-state index contributed by atoms with van der Waals surface area (Å²) in [6.45, 7) is 5.88. The Morgan fingerprint density at radius 1 is 0.667 bits per heavy atom. The lowest BCUT2D eigenvalue weighted by atomic mass is 10.1. The Bertz CT molecular complexity index is 1710. The predicted octanol–water partition coefficient (Wildman–Crippen LogP) is 6.01. The van der Waals surface area contributed by atoms with E-state index < -0.39 is 38.3 Å². The van der Waals surface area contributed by atoms with Gasteiger partial charge in [0.05, 0.1) is 42.5 Å². The molecule has 4 aromatic rings. The van der Waals surface area contributed by atoms with E-state index in [0.717, 1.165) is 28.5 Å². The standard InChI is InChI=1S/C35H38O8S2/c1-27-19-21-32(22-20-27)45(38,39)28(2)34(42-25-31-17-11-6-12-18-31)35(43-44(3,36)37)33(41-24-30-15-9-5-10-16-30)26-40-23-29-13-7-4-8-14-29/h4-22,33-35H,2,23-26H2,1,3H3/t33?,34-,35+/m0/s1. The SMILES string of the molecule is C=C([C@H](OCc1ccccc1)[C@H](OS(C)(=O)=O)C(COCc1ccccc1)OCc1ccccc1)S(=O)(=O)c1ccc(C)cc1. The van der Waals surface area contributed by atoms with Crippen molar-refractivity contribution >= 4 is 20.0 Å². The Labute approximate surface area is 266 Å². The minimum Gasteiger partial charge on any atom is -0.374 e. The van der Waals surface area contributed by atoms with Crippen molar-refractivity contribution in [1.82, 2.24) is 0 Å². The van der Waals surface area contributed by atoms with Gasteiger partial charge in [0.1, 0.15) is 18.3 Å². The van der Waals surface area contributed by atoms with E-state index in [-0.39, 0.29) is 36.2 Å². The normalized spacial score (nSPS) is 14.0. The number of aryl methyl sites for hydroxylation is 1. The molecule has 4 aromatic carbocycles. The fourth-order valence-electron chi connectivity index (χ4n) is 4.54. The lowest BCUT2D eigenvalue weighted by Crippen LogP contribution is -2.47. The minimum absolute atomic E-state index is 0.00778. The molecule has 45 heavy (non-hydrogen) atoms. The third-order valence-electron chi connectivity index (χ3n) is 6.92. The first kappa shape index (κ1) is 34.2. The Morgan fingerprint density at radius 3 is 1.62 bits per heavy atom. The van der Waals surface area contributed by atoms with Gasteiger partial charge in [0.2, 0.25) is 9.84 Å². The second-order valence-electron chi connectivity index (χ2n) is 10.6. The molecular weight excluding hydrogens is 613 g/mol. The first-order valence-electron chi connectivity index (χ1n) is 14.3. The molecule has 0 saturated carbocycles. The average Bonchev–Trinajstić information content (AvgIpc) is 3.03. The van der Waals surface area contributed by atoms with E-state index in [9.17, 15) is 16.8 Å². The molecule has 4 rings (SSSR count). The van der Waals surface area contributed by atoms with Crippen molar-refractivity contribution in [3.8, 4) is 0 Å². The summed E-state index contributed by atoms with van der Waals surface area (Å²) in [6.07, 6.45) is -3.14. The lowest BCUT2D eigenvalue weighted by molar-refractivity contribution is -0.119. The van der Waals surface area contributed by atoms with Crippen LogP contribution in [-0.4, -0.2) is 48.0 Å². The molecule has 0 fully saturated rings. The summed E-state index contributed by atoms with van der Waals surface area (Å²) in [5.74, 6) is 0. The minimum atomic E-state index is -4.21. The van der Waals surface area contributed by atoms with Crippen molar-refractivity contribution in [2.24, 2.45) is 0 Å². The maximum Gasteiger partial charge on any atom is 0.264 e. The maximum absolute atomic E-state index is 13.9. The van der Waals surface area contributed by atoms with Crippen LogP contribution < -0.4 is 0 Å². The van der Waals surface area contributed by atoms with Gasteiger partial charge in [-0.15, -0.1) is 0 Å². The van der Waals surface area contributed by atoms with Gasteiger partial charge in [0.25, 0.3) is 10.1 Å². The highest BCUT2D eigenvalue weighted by Crippen LogP contribution is 2.30. The van der Waals surface area contributed by atoms with E-state index >= 15 is 0 Å². The Balaban J connectivity index is 1.73. The number of ether oxygens (including phenoxy) is 3. The van der Waals surface area contributed by atoms with Gasteiger partial charge in [-0.2, -0.15) is 8.42 Å². The van der Waals surface area contributed by atoms with E-state index in [1.807, 2.05) is 97.9 Å². The molecule has 0 saturated heterocycles. The second kappa shape index (κ2) is 16.1. The summed E-state index contributed by atoms with van der Waals surface area (Å²) in [5.41, 5.74) is 3.32. The largest absolute Gasteiger partial charge is 0.374 e. The van der Waals surface area contributed by atoms with Crippen molar-refractivity contribution in [2.75, 3.05) is 12.9 Å². The predicted molar refractivity (Wildman–Crippen MR) is 173 cm³/mol. The van der Waals surface area contributed by atoms with Crippen molar-refractivity contribution < 1.29 is 35.2 Å². The third-order valence-corrected chi connectivity index (χ3v) is 9.30. The smallest absolute Gasteiger partial charge is 0.264 e. The van der Waals surface area contributed by atoms with Crippen LogP contribution in [0.4, 0.5) is 0 Å². The summed E-state index contributed by atoms with van der Waals surface area (Å²) in [6, 6.07) is 34.1. The topological polar surface area (TPSA) is 105 Å². The molecule has 0 bridgehead atoms. The highest BCUT2D eigenvalue weighted by atomic mass is 32.2. The second-order valence-corrected chi connectivity index (χ2v) is 14.2. The summed E-state index contributed by atoms with van der Waals surface area (Å²) in [7, 11) is -8.37. The van der Waals surface area contributed by atoms with Crippen LogP contribution in [0.5, 0.6) is 0 Å². The number of benzene rings is 4. The fraction of sp³-hybridized carbons (Fsp3) is 0.257. The van der Waals surface area contributed by atoms with Crippen molar-refractivity contribution in [3.63, 3.8) is 0 Å². The van der Waals surface area contributed by atoms with Crippen LogP contribution >= 0.6 is 0 Å². The number of hydrogen-bond acceptors (Lipinski definition) is 8. The molecule has 0 heterocycles. The molecule has 8 nitrogen and oxygen atoms in total. The van der Waals surface area contributed by atoms with Gasteiger partial charge >= 0.3 is 0 Å². The molecular formula is C35H38O8S2. The fourth-order valence-corrected chi connectivity index (χ4v) is 6.48. The molecule has 238 valence electrons. The molecule has 0 aromatic heterocycles. The molecule has 0 aliphatic heterocycles. The molecule has 0 amide bonds. The van der Waals surface area contributed by atoms with E-state index in [1.54, 1.807) is 12.1 Å². The Kier molecular flexibility index (Phi) is 12.2.